The van der Waals surface area contributed by atoms with Crippen LogP contribution in [0.2, 0.25) is 5.02 Å². The van der Waals surface area contributed by atoms with E-state index in [2.05, 4.69) is 0 Å². The van der Waals surface area contributed by atoms with Crippen molar-refractivity contribution in [3.63, 3.8) is 0 Å². The number of imide groups is 1. The van der Waals surface area contributed by atoms with Crippen LogP contribution in [0.4, 0.5) is 0 Å². The molecule has 2 aromatic carbocycles. The predicted octanol–water partition coefficient (Wildman–Crippen LogP) is 3.63. The van der Waals surface area contributed by atoms with E-state index >= 15 is 0 Å². The fraction of sp³-hybridized carbons (Fsp3) is 0.211. The van der Waals surface area contributed by atoms with E-state index in [1.54, 1.807) is 42.5 Å². The zero-order valence-corrected chi connectivity index (χ0v) is 14.4. The Labute approximate surface area is 150 Å². The Bertz CT molecular complexity index is 827. The second-order valence-electron chi connectivity index (χ2n) is 5.80. The molecular weight excluding hydrogens is 342 g/mol. The van der Waals surface area contributed by atoms with Crippen LogP contribution in [0.25, 0.3) is 0 Å². The standard InChI is InChI=1S/C19H16ClNO4/c1-12-11-13(8-9-16(12)20)25-17(22)7-4-10-21-18(23)14-5-2-3-6-15(14)19(21)24/h2-3,5-6,8-9,11H,4,7,10H2,1H3. The molecule has 0 saturated heterocycles. The van der Waals surface area contributed by atoms with Gasteiger partial charge in [-0.3, -0.25) is 19.3 Å². The van der Waals surface area contributed by atoms with Crippen molar-refractivity contribution < 1.29 is 19.1 Å². The van der Waals surface area contributed by atoms with Crippen molar-refractivity contribution in [3.05, 3.63) is 64.2 Å². The molecule has 1 aliphatic rings. The minimum Gasteiger partial charge on any atom is -0.427 e. The zero-order valence-electron chi connectivity index (χ0n) is 13.6. The predicted molar refractivity (Wildman–Crippen MR) is 92.9 cm³/mol. The van der Waals surface area contributed by atoms with Crippen molar-refractivity contribution in [2.75, 3.05) is 6.54 Å². The first-order valence-corrected chi connectivity index (χ1v) is 8.27. The molecule has 25 heavy (non-hydrogen) atoms. The van der Waals surface area contributed by atoms with Gasteiger partial charge in [0, 0.05) is 18.0 Å². The molecular formula is C19H16ClNO4. The molecule has 0 bridgehead atoms. The lowest BCUT2D eigenvalue weighted by atomic mass is 10.1. The van der Waals surface area contributed by atoms with Crippen LogP contribution < -0.4 is 4.74 Å². The minimum absolute atomic E-state index is 0.106. The fourth-order valence-electron chi connectivity index (χ4n) is 2.69. The third-order valence-electron chi connectivity index (χ3n) is 4.00. The average Bonchev–Trinajstić information content (AvgIpc) is 2.83. The molecule has 2 amide bonds. The first kappa shape index (κ1) is 17.2. The third kappa shape index (κ3) is 3.56. The molecule has 0 radical (unpaired) electrons. The second-order valence-corrected chi connectivity index (χ2v) is 6.20. The molecule has 0 spiro atoms. The van der Waals surface area contributed by atoms with Crippen LogP contribution in [-0.2, 0) is 4.79 Å². The number of amides is 2. The van der Waals surface area contributed by atoms with Gasteiger partial charge in [0.1, 0.15) is 5.75 Å². The molecule has 0 saturated carbocycles. The molecule has 3 rings (SSSR count). The molecule has 0 aromatic heterocycles. The van der Waals surface area contributed by atoms with E-state index in [-0.39, 0.29) is 24.8 Å². The molecule has 1 aliphatic heterocycles. The molecule has 0 aliphatic carbocycles. The second kappa shape index (κ2) is 7.07. The van der Waals surface area contributed by atoms with E-state index < -0.39 is 5.97 Å². The van der Waals surface area contributed by atoms with Gasteiger partial charge in [-0.05, 0) is 49.2 Å². The van der Waals surface area contributed by atoms with Gasteiger partial charge in [-0.15, -0.1) is 0 Å². The Balaban J connectivity index is 1.53. The van der Waals surface area contributed by atoms with Gasteiger partial charge in [0.25, 0.3) is 11.8 Å². The number of nitrogens with zero attached hydrogens (tertiary/aromatic N) is 1. The number of fused-ring (bicyclic) bond motifs is 1. The average molecular weight is 358 g/mol. The molecule has 0 atom stereocenters. The first-order valence-electron chi connectivity index (χ1n) is 7.89. The lowest BCUT2D eigenvalue weighted by Gasteiger charge is -2.13. The number of ether oxygens (including phenoxy) is 1. The molecule has 128 valence electrons. The highest BCUT2D eigenvalue weighted by atomic mass is 35.5. The number of hydrogen-bond donors (Lipinski definition) is 0. The highest BCUT2D eigenvalue weighted by molar-refractivity contribution is 6.31. The van der Waals surface area contributed by atoms with Crippen molar-refractivity contribution in [2.24, 2.45) is 0 Å². The van der Waals surface area contributed by atoms with Crippen LogP contribution in [0.5, 0.6) is 5.75 Å². The Hall–Kier alpha value is -2.66. The van der Waals surface area contributed by atoms with E-state index in [9.17, 15) is 14.4 Å². The summed E-state index contributed by atoms with van der Waals surface area (Å²) in [7, 11) is 0. The number of carbonyl (C=O) groups excluding carboxylic acids is 3. The SMILES string of the molecule is Cc1cc(OC(=O)CCCN2C(=O)c3ccccc3C2=O)ccc1Cl. The summed E-state index contributed by atoms with van der Waals surface area (Å²) in [4.78, 5) is 37.5. The zero-order chi connectivity index (χ0) is 18.0. The van der Waals surface area contributed by atoms with E-state index in [1.165, 1.54) is 4.90 Å². The Morgan fingerprint density at radius 2 is 1.72 bits per heavy atom. The third-order valence-corrected chi connectivity index (χ3v) is 4.43. The molecule has 0 N–H and O–H groups in total. The number of esters is 1. The number of carbonyl (C=O) groups is 3. The van der Waals surface area contributed by atoms with E-state index in [0.29, 0.717) is 28.3 Å². The van der Waals surface area contributed by atoms with Gasteiger partial charge >= 0.3 is 5.97 Å². The normalized spacial score (nSPS) is 13.1. The lowest BCUT2D eigenvalue weighted by Crippen LogP contribution is -2.31. The largest absolute Gasteiger partial charge is 0.427 e. The highest BCUT2D eigenvalue weighted by Crippen LogP contribution is 2.23. The molecule has 5 nitrogen and oxygen atoms in total. The quantitative estimate of drug-likeness (QED) is 0.465. The maximum atomic E-state index is 12.2. The van der Waals surface area contributed by atoms with Crippen LogP contribution in [0.1, 0.15) is 39.1 Å². The summed E-state index contributed by atoms with van der Waals surface area (Å²) in [5.41, 5.74) is 1.64. The van der Waals surface area contributed by atoms with Crippen molar-refractivity contribution >= 4 is 29.4 Å². The summed E-state index contributed by atoms with van der Waals surface area (Å²) >= 11 is 5.93. The minimum atomic E-state index is -0.418. The van der Waals surface area contributed by atoms with Crippen molar-refractivity contribution in [1.82, 2.24) is 4.90 Å². The van der Waals surface area contributed by atoms with Gasteiger partial charge in [-0.2, -0.15) is 0 Å². The fourth-order valence-corrected chi connectivity index (χ4v) is 2.80. The number of aryl methyl sites for hydroxylation is 1. The van der Waals surface area contributed by atoms with Crippen molar-refractivity contribution in [1.29, 1.82) is 0 Å². The summed E-state index contributed by atoms with van der Waals surface area (Å²) in [6.45, 7) is 2.00. The Morgan fingerprint density at radius 1 is 1.08 bits per heavy atom. The highest BCUT2D eigenvalue weighted by Gasteiger charge is 2.34. The molecule has 2 aromatic rings. The van der Waals surface area contributed by atoms with Gasteiger partial charge in [0.15, 0.2) is 0 Å². The van der Waals surface area contributed by atoms with Crippen LogP contribution in [-0.4, -0.2) is 29.2 Å². The topological polar surface area (TPSA) is 63.7 Å². The van der Waals surface area contributed by atoms with Crippen LogP contribution in [0.3, 0.4) is 0 Å². The van der Waals surface area contributed by atoms with E-state index in [1.807, 2.05) is 6.92 Å². The van der Waals surface area contributed by atoms with Crippen molar-refractivity contribution in [2.45, 2.75) is 19.8 Å². The monoisotopic (exact) mass is 357 g/mol. The summed E-state index contributed by atoms with van der Waals surface area (Å²) in [6, 6.07) is 11.7. The van der Waals surface area contributed by atoms with Crippen LogP contribution in [0.15, 0.2) is 42.5 Å². The number of rotatable bonds is 5. The molecule has 1 heterocycles. The van der Waals surface area contributed by atoms with Gasteiger partial charge in [-0.1, -0.05) is 23.7 Å². The summed E-state index contributed by atoms with van der Waals surface area (Å²) in [5, 5.41) is 0.602. The smallest absolute Gasteiger partial charge is 0.311 e. The molecule has 6 heteroatoms. The van der Waals surface area contributed by atoms with Gasteiger partial charge in [0.2, 0.25) is 0 Å². The van der Waals surface area contributed by atoms with Crippen LogP contribution in [0, 0.1) is 6.92 Å². The van der Waals surface area contributed by atoms with Gasteiger partial charge in [0.05, 0.1) is 11.1 Å². The molecule has 0 unspecified atom stereocenters. The summed E-state index contributed by atoms with van der Waals surface area (Å²) < 4.78 is 5.24. The summed E-state index contributed by atoms with van der Waals surface area (Å²) in [6.07, 6.45) is 0.450. The Morgan fingerprint density at radius 3 is 2.32 bits per heavy atom. The van der Waals surface area contributed by atoms with E-state index in [0.717, 1.165) is 5.56 Å². The number of halogens is 1. The van der Waals surface area contributed by atoms with Gasteiger partial charge in [-0.25, -0.2) is 0 Å². The maximum Gasteiger partial charge on any atom is 0.311 e. The number of benzene rings is 2. The number of hydrogen-bond acceptors (Lipinski definition) is 4. The summed E-state index contributed by atoms with van der Waals surface area (Å²) in [5.74, 6) is -0.629. The molecule has 0 fully saturated rings. The first-order chi connectivity index (χ1) is 12.0. The van der Waals surface area contributed by atoms with Gasteiger partial charge < -0.3 is 4.74 Å². The van der Waals surface area contributed by atoms with E-state index in [4.69, 9.17) is 16.3 Å². The Kier molecular flexibility index (Phi) is 4.86. The van der Waals surface area contributed by atoms with Crippen LogP contribution >= 0.6 is 11.6 Å². The van der Waals surface area contributed by atoms with Crippen molar-refractivity contribution in [3.8, 4) is 5.75 Å². The lowest BCUT2D eigenvalue weighted by molar-refractivity contribution is -0.134. The maximum absolute atomic E-state index is 12.2.